The Morgan fingerprint density at radius 2 is 2.06 bits per heavy atom. The summed E-state index contributed by atoms with van der Waals surface area (Å²) in [5.41, 5.74) is 1.15. The molecule has 0 saturated carbocycles. The maximum atomic E-state index is 5.78. The fraction of sp³-hybridized carbons (Fsp3) is 0.286. The number of nitrogens with one attached hydrogen (secondary N) is 1. The Balaban J connectivity index is 2.30. The fourth-order valence-corrected chi connectivity index (χ4v) is 2.44. The first-order valence-electron chi connectivity index (χ1n) is 5.75. The van der Waals surface area contributed by atoms with Gasteiger partial charge in [0.05, 0.1) is 6.04 Å². The smallest absolute Gasteiger partial charge is 0.129 e. The van der Waals surface area contributed by atoms with Gasteiger partial charge < -0.3 is 14.5 Å². The predicted molar refractivity (Wildman–Crippen MR) is 74.5 cm³/mol. The van der Waals surface area contributed by atoms with Gasteiger partial charge in [-0.3, -0.25) is 0 Å². The van der Waals surface area contributed by atoms with E-state index in [9.17, 15) is 0 Å². The number of hydrogen-bond acceptors (Lipinski definition) is 3. The summed E-state index contributed by atoms with van der Waals surface area (Å²) in [6.07, 6.45) is 0. The van der Waals surface area contributed by atoms with Crippen LogP contribution < -0.4 is 5.32 Å². The van der Waals surface area contributed by atoms with Crippen molar-refractivity contribution in [1.29, 1.82) is 0 Å². The molecule has 0 aliphatic heterocycles. The van der Waals surface area contributed by atoms with Crippen molar-refractivity contribution in [1.82, 2.24) is 5.32 Å². The number of halogens is 1. The van der Waals surface area contributed by atoms with Crippen LogP contribution in [0.4, 0.5) is 0 Å². The summed E-state index contributed by atoms with van der Waals surface area (Å²) >= 11 is 3.57. The Labute approximate surface area is 115 Å². The van der Waals surface area contributed by atoms with Crippen LogP contribution in [-0.4, -0.2) is 14.2 Å². The van der Waals surface area contributed by atoms with Crippen molar-refractivity contribution in [3.63, 3.8) is 0 Å². The summed E-state index contributed by atoms with van der Waals surface area (Å²) in [5, 5.41) is 3.27. The van der Waals surface area contributed by atoms with E-state index in [2.05, 4.69) is 27.3 Å². The van der Waals surface area contributed by atoms with Crippen LogP contribution in [0.3, 0.4) is 0 Å². The summed E-state index contributed by atoms with van der Waals surface area (Å²) < 4.78 is 11.9. The number of furan rings is 1. The third-order valence-electron chi connectivity index (χ3n) is 2.76. The molecule has 0 radical (unpaired) electrons. The standard InChI is InChI=1S/C14H16BrNO2/c1-16-14(11-5-3-4-6-12(11)15)13-8-7-10(18-13)9-17-2/h3-8,14,16H,9H2,1-2H3. The van der Waals surface area contributed by atoms with E-state index in [-0.39, 0.29) is 6.04 Å². The largest absolute Gasteiger partial charge is 0.462 e. The normalized spacial score (nSPS) is 12.6. The monoisotopic (exact) mass is 309 g/mol. The molecule has 1 heterocycles. The number of methoxy groups -OCH3 is 1. The minimum absolute atomic E-state index is 0.0335. The van der Waals surface area contributed by atoms with Gasteiger partial charge in [-0.25, -0.2) is 0 Å². The van der Waals surface area contributed by atoms with Gasteiger partial charge >= 0.3 is 0 Å². The van der Waals surface area contributed by atoms with Gasteiger partial charge in [0, 0.05) is 11.6 Å². The Morgan fingerprint density at radius 3 is 2.72 bits per heavy atom. The van der Waals surface area contributed by atoms with Crippen LogP contribution in [0, 0.1) is 0 Å². The van der Waals surface area contributed by atoms with Gasteiger partial charge in [-0.1, -0.05) is 34.1 Å². The molecule has 0 aliphatic carbocycles. The molecule has 1 atom stereocenters. The van der Waals surface area contributed by atoms with Crippen LogP contribution in [-0.2, 0) is 11.3 Å². The zero-order valence-electron chi connectivity index (χ0n) is 10.4. The Morgan fingerprint density at radius 1 is 1.28 bits per heavy atom. The molecule has 0 saturated heterocycles. The molecule has 18 heavy (non-hydrogen) atoms. The molecule has 2 rings (SSSR count). The van der Waals surface area contributed by atoms with Gasteiger partial charge in [0.1, 0.15) is 18.1 Å². The van der Waals surface area contributed by atoms with Crippen molar-refractivity contribution in [2.45, 2.75) is 12.6 Å². The van der Waals surface area contributed by atoms with E-state index in [0.29, 0.717) is 6.61 Å². The molecule has 1 aromatic heterocycles. The van der Waals surface area contributed by atoms with Gasteiger partial charge in [0.2, 0.25) is 0 Å². The second kappa shape index (κ2) is 6.18. The second-order valence-corrected chi connectivity index (χ2v) is 4.83. The number of hydrogen-bond donors (Lipinski definition) is 1. The van der Waals surface area contributed by atoms with Gasteiger partial charge in [-0.2, -0.15) is 0 Å². The van der Waals surface area contributed by atoms with Crippen LogP contribution in [0.2, 0.25) is 0 Å². The van der Waals surface area contributed by atoms with E-state index < -0.39 is 0 Å². The number of benzene rings is 1. The zero-order valence-corrected chi connectivity index (χ0v) is 12.0. The highest BCUT2D eigenvalue weighted by molar-refractivity contribution is 9.10. The lowest BCUT2D eigenvalue weighted by Gasteiger charge is -2.15. The highest BCUT2D eigenvalue weighted by Crippen LogP contribution is 2.29. The van der Waals surface area contributed by atoms with E-state index in [0.717, 1.165) is 21.6 Å². The van der Waals surface area contributed by atoms with Crippen LogP contribution in [0.15, 0.2) is 45.3 Å². The molecule has 4 heteroatoms. The Hall–Kier alpha value is -1.10. The first kappa shape index (κ1) is 13.3. The van der Waals surface area contributed by atoms with E-state index in [1.807, 2.05) is 37.4 Å². The minimum atomic E-state index is 0.0335. The minimum Gasteiger partial charge on any atom is -0.462 e. The van der Waals surface area contributed by atoms with Crippen LogP contribution in [0.25, 0.3) is 0 Å². The molecule has 0 amide bonds. The summed E-state index contributed by atoms with van der Waals surface area (Å²) in [5.74, 6) is 1.72. The summed E-state index contributed by atoms with van der Waals surface area (Å²) in [4.78, 5) is 0. The average molecular weight is 310 g/mol. The molecule has 1 unspecified atom stereocenters. The van der Waals surface area contributed by atoms with Crippen LogP contribution >= 0.6 is 15.9 Å². The SMILES string of the molecule is CNC(c1ccc(COC)o1)c1ccccc1Br. The third kappa shape index (κ3) is 2.83. The second-order valence-electron chi connectivity index (χ2n) is 3.98. The maximum absolute atomic E-state index is 5.78. The Bertz CT molecular complexity index is 510. The zero-order chi connectivity index (χ0) is 13.0. The van der Waals surface area contributed by atoms with Crippen molar-refractivity contribution in [2.75, 3.05) is 14.2 Å². The summed E-state index contributed by atoms with van der Waals surface area (Å²) in [7, 11) is 3.58. The quantitative estimate of drug-likeness (QED) is 0.918. The summed E-state index contributed by atoms with van der Waals surface area (Å²) in [6.45, 7) is 0.492. The van der Waals surface area contributed by atoms with Crippen molar-refractivity contribution in [3.05, 3.63) is 58.0 Å². The molecular formula is C14H16BrNO2. The third-order valence-corrected chi connectivity index (χ3v) is 3.48. The van der Waals surface area contributed by atoms with Crippen molar-refractivity contribution in [3.8, 4) is 0 Å². The molecular weight excluding hydrogens is 294 g/mol. The van der Waals surface area contributed by atoms with Gasteiger partial charge in [-0.05, 0) is 30.8 Å². The highest BCUT2D eigenvalue weighted by atomic mass is 79.9. The van der Waals surface area contributed by atoms with E-state index in [1.165, 1.54) is 0 Å². The fourth-order valence-electron chi connectivity index (χ4n) is 1.93. The van der Waals surface area contributed by atoms with Gasteiger partial charge in [0.15, 0.2) is 0 Å². The van der Waals surface area contributed by atoms with E-state index >= 15 is 0 Å². The lowest BCUT2D eigenvalue weighted by Crippen LogP contribution is -2.17. The van der Waals surface area contributed by atoms with Gasteiger partial charge in [-0.15, -0.1) is 0 Å². The molecule has 0 spiro atoms. The lowest BCUT2D eigenvalue weighted by atomic mass is 10.1. The van der Waals surface area contributed by atoms with Gasteiger partial charge in [0.25, 0.3) is 0 Å². The molecule has 0 bridgehead atoms. The van der Waals surface area contributed by atoms with Crippen molar-refractivity contribution < 1.29 is 9.15 Å². The molecule has 0 aliphatic rings. The van der Waals surface area contributed by atoms with Crippen molar-refractivity contribution >= 4 is 15.9 Å². The molecule has 1 N–H and O–H groups in total. The summed E-state index contributed by atoms with van der Waals surface area (Å²) in [6, 6.07) is 12.1. The van der Waals surface area contributed by atoms with Crippen LogP contribution in [0.1, 0.15) is 23.1 Å². The maximum Gasteiger partial charge on any atom is 0.129 e. The molecule has 1 aromatic carbocycles. The van der Waals surface area contributed by atoms with Crippen molar-refractivity contribution in [2.24, 2.45) is 0 Å². The molecule has 3 nitrogen and oxygen atoms in total. The topological polar surface area (TPSA) is 34.4 Å². The highest BCUT2D eigenvalue weighted by Gasteiger charge is 2.18. The molecule has 2 aromatic rings. The number of rotatable bonds is 5. The number of ether oxygens (including phenoxy) is 1. The van der Waals surface area contributed by atoms with E-state index in [4.69, 9.17) is 9.15 Å². The lowest BCUT2D eigenvalue weighted by molar-refractivity contribution is 0.162. The predicted octanol–water partition coefficient (Wildman–Crippen LogP) is 3.50. The Kier molecular flexibility index (Phi) is 4.58. The molecule has 96 valence electrons. The average Bonchev–Trinajstić information content (AvgIpc) is 2.82. The van der Waals surface area contributed by atoms with E-state index in [1.54, 1.807) is 7.11 Å². The first-order chi connectivity index (χ1) is 8.76. The molecule has 0 fully saturated rings. The van der Waals surface area contributed by atoms with Crippen LogP contribution in [0.5, 0.6) is 0 Å². The first-order valence-corrected chi connectivity index (χ1v) is 6.54.